The highest BCUT2D eigenvalue weighted by Gasteiger charge is 2.42. The molecular weight excluding hydrogens is 364 g/mol. The number of likely N-dealkylation sites (tertiary alicyclic amines) is 2. The average molecular weight is 392 g/mol. The summed E-state index contributed by atoms with van der Waals surface area (Å²) in [5.41, 5.74) is 2.07. The molecule has 0 N–H and O–H groups in total. The SMILES string of the molecule is COc1cccc(C2CN(C(=O)Cc3ccccc3)CC2C(=O)N2CCCC2)c1. The Morgan fingerprint density at radius 3 is 2.45 bits per heavy atom. The molecule has 0 bridgehead atoms. The lowest BCUT2D eigenvalue weighted by Crippen LogP contribution is -2.37. The predicted octanol–water partition coefficient (Wildman–Crippen LogP) is 3.10. The van der Waals surface area contributed by atoms with Gasteiger partial charge in [-0.2, -0.15) is 0 Å². The maximum atomic E-state index is 13.3. The van der Waals surface area contributed by atoms with Gasteiger partial charge in [0.1, 0.15) is 5.75 Å². The van der Waals surface area contributed by atoms with Gasteiger partial charge in [0.25, 0.3) is 0 Å². The van der Waals surface area contributed by atoms with Gasteiger partial charge in [0, 0.05) is 32.1 Å². The molecule has 5 nitrogen and oxygen atoms in total. The number of benzene rings is 2. The first-order valence-corrected chi connectivity index (χ1v) is 10.4. The van der Waals surface area contributed by atoms with Crippen LogP contribution in [0.5, 0.6) is 5.75 Å². The number of nitrogens with zero attached hydrogens (tertiary/aromatic N) is 2. The number of amides is 2. The number of hydrogen-bond acceptors (Lipinski definition) is 3. The second kappa shape index (κ2) is 8.68. The molecule has 4 rings (SSSR count). The van der Waals surface area contributed by atoms with Gasteiger partial charge in [-0.05, 0) is 36.1 Å². The van der Waals surface area contributed by atoms with E-state index in [-0.39, 0.29) is 23.7 Å². The molecule has 0 radical (unpaired) electrons. The Hall–Kier alpha value is -2.82. The topological polar surface area (TPSA) is 49.9 Å². The summed E-state index contributed by atoms with van der Waals surface area (Å²) >= 11 is 0. The summed E-state index contributed by atoms with van der Waals surface area (Å²) in [6.45, 7) is 2.72. The monoisotopic (exact) mass is 392 g/mol. The van der Waals surface area contributed by atoms with E-state index >= 15 is 0 Å². The highest BCUT2D eigenvalue weighted by molar-refractivity contribution is 5.84. The molecule has 2 heterocycles. The Kier molecular flexibility index (Phi) is 5.84. The molecule has 2 aromatic rings. The summed E-state index contributed by atoms with van der Waals surface area (Å²) in [5.74, 6) is 0.855. The minimum Gasteiger partial charge on any atom is -0.497 e. The quantitative estimate of drug-likeness (QED) is 0.786. The molecule has 2 unspecified atom stereocenters. The molecule has 2 aliphatic rings. The van der Waals surface area contributed by atoms with E-state index < -0.39 is 0 Å². The van der Waals surface area contributed by atoms with E-state index in [0.29, 0.717) is 19.5 Å². The molecular formula is C24H28N2O3. The molecule has 2 aliphatic heterocycles. The zero-order valence-electron chi connectivity index (χ0n) is 16.9. The number of hydrogen-bond donors (Lipinski definition) is 0. The molecule has 0 saturated carbocycles. The lowest BCUT2D eigenvalue weighted by molar-refractivity contribution is -0.135. The molecule has 0 aromatic heterocycles. The van der Waals surface area contributed by atoms with E-state index in [2.05, 4.69) is 0 Å². The van der Waals surface area contributed by atoms with Crippen LogP contribution in [-0.4, -0.2) is 54.9 Å². The Morgan fingerprint density at radius 2 is 1.72 bits per heavy atom. The Labute approximate surface area is 172 Å². The van der Waals surface area contributed by atoms with E-state index in [1.54, 1.807) is 7.11 Å². The van der Waals surface area contributed by atoms with Gasteiger partial charge in [-0.1, -0.05) is 42.5 Å². The van der Waals surface area contributed by atoms with Crippen molar-refractivity contribution < 1.29 is 14.3 Å². The van der Waals surface area contributed by atoms with E-state index in [0.717, 1.165) is 42.8 Å². The maximum Gasteiger partial charge on any atom is 0.228 e. The zero-order chi connectivity index (χ0) is 20.2. The van der Waals surface area contributed by atoms with Gasteiger partial charge in [0.05, 0.1) is 19.4 Å². The molecule has 0 spiro atoms. The molecule has 2 fully saturated rings. The fraction of sp³-hybridized carbons (Fsp3) is 0.417. The van der Waals surface area contributed by atoms with Crippen molar-refractivity contribution in [2.75, 3.05) is 33.3 Å². The predicted molar refractivity (Wildman–Crippen MR) is 112 cm³/mol. The third kappa shape index (κ3) is 4.29. The van der Waals surface area contributed by atoms with Crippen LogP contribution in [0.15, 0.2) is 54.6 Å². The number of rotatable bonds is 5. The minimum atomic E-state index is -0.195. The molecule has 152 valence electrons. The van der Waals surface area contributed by atoms with Crippen LogP contribution in [0.2, 0.25) is 0 Å². The lowest BCUT2D eigenvalue weighted by atomic mass is 9.88. The van der Waals surface area contributed by atoms with Crippen molar-refractivity contribution in [1.82, 2.24) is 9.80 Å². The molecule has 0 aliphatic carbocycles. The van der Waals surface area contributed by atoms with Crippen molar-refractivity contribution >= 4 is 11.8 Å². The normalized spacial score (nSPS) is 21.4. The zero-order valence-corrected chi connectivity index (χ0v) is 16.9. The first-order chi connectivity index (χ1) is 14.2. The molecule has 2 amide bonds. The Morgan fingerprint density at radius 1 is 0.966 bits per heavy atom. The second-order valence-corrected chi connectivity index (χ2v) is 7.98. The minimum absolute atomic E-state index is 0.00192. The smallest absolute Gasteiger partial charge is 0.228 e. The summed E-state index contributed by atoms with van der Waals surface area (Å²) in [4.78, 5) is 30.1. The van der Waals surface area contributed by atoms with Gasteiger partial charge < -0.3 is 14.5 Å². The van der Waals surface area contributed by atoms with Crippen molar-refractivity contribution in [1.29, 1.82) is 0 Å². The number of carbonyl (C=O) groups excluding carboxylic acids is 2. The van der Waals surface area contributed by atoms with Gasteiger partial charge >= 0.3 is 0 Å². The highest BCUT2D eigenvalue weighted by atomic mass is 16.5. The number of ether oxygens (including phenoxy) is 1. The number of methoxy groups -OCH3 is 1. The van der Waals surface area contributed by atoms with E-state index in [1.807, 2.05) is 64.4 Å². The van der Waals surface area contributed by atoms with Crippen LogP contribution in [0.3, 0.4) is 0 Å². The van der Waals surface area contributed by atoms with Gasteiger partial charge in [0.2, 0.25) is 11.8 Å². The summed E-state index contributed by atoms with van der Waals surface area (Å²) in [5, 5.41) is 0. The molecule has 29 heavy (non-hydrogen) atoms. The molecule has 5 heteroatoms. The highest BCUT2D eigenvalue weighted by Crippen LogP contribution is 2.36. The number of carbonyl (C=O) groups is 2. The van der Waals surface area contributed by atoms with E-state index in [4.69, 9.17) is 4.74 Å². The van der Waals surface area contributed by atoms with Crippen LogP contribution in [0.25, 0.3) is 0 Å². The fourth-order valence-corrected chi connectivity index (χ4v) is 4.52. The van der Waals surface area contributed by atoms with Crippen molar-refractivity contribution in [3.05, 3.63) is 65.7 Å². The fourth-order valence-electron chi connectivity index (χ4n) is 4.52. The van der Waals surface area contributed by atoms with Crippen LogP contribution >= 0.6 is 0 Å². The van der Waals surface area contributed by atoms with E-state index in [1.165, 1.54) is 0 Å². The molecule has 2 aromatic carbocycles. The summed E-state index contributed by atoms with van der Waals surface area (Å²) in [7, 11) is 1.65. The van der Waals surface area contributed by atoms with Crippen molar-refractivity contribution in [2.45, 2.75) is 25.2 Å². The largest absolute Gasteiger partial charge is 0.497 e. The molecule has 2 atom stereocenters. The first kappa shape index (κ1) is 19.5. The van der Waals surface area contributed by atoms with Crippen LogP contribution in [0.1, 0.15) is 29.9 Å². The maximum absolute atomic E-state index is 13.3. The van der Waals surface area contributed by atoms with E-state index in [9.17, 15) is 9.59 Å². The van der Waals surface area contributed by atoms with Crippen LogP contribution < -0.4 is 4.74 Å². The van der Waals surface area contributed by atoms with Crippen molar-refractivity contribution in [3.8, 4) is 5.75 Å². The first-order valence-electron chi connectivity index (χ1n) is 10.4. The van der Waals surface area contributed by atoms with Gasteiger partial charge in [-0.25, -0.2) is 0 Å². The van der Waals surface area contributed by atoms with Crippen LogP contribution in [0, 0.1) is 5.92 Å². The van der Waals surface area contributed by atoms with Gasteiger partial charge in [0.15, 0.2) is 0 Å². The third-order valence-corrected chi connectivity index (χ3v) is 6.13. The van der Waals surface area contributed by atoms with Crippen molar-refractivity contribution in [2.24, 2.45) is 5.92 Å². The van der Waals surface area contributed by atoms with Crippen molar-refractivity contribution in [3.63, 3.8) is 0 Å². The summed E-state index contributed by atoms with van der Waals surface area (Å²) in [6, 6.07) is 17.7. The van der Waals surface area contributed by atoms with Gasteiger partial charge in [-0.15, -0.1) is 0 Å². The second-order valence-electron chi connectivity index (χ2n) is 7.98. The van der Waals surface area contributed by atoms with Crippen LogP contribution in [-0.2, 0) is 16.0 Å². The lowest BCUT2D eigenvalue weighted by Gasteiger charge is -2.24. The average Bonchev–Trinajstić information content (AvgIpc) is 3.44. The third-order valence-electron chi connectivity index (χ3n) is 6.13. The van der Waals surface area contributed by atoms with Gasteiger partial charge in [-0.3, -0.25) is 9.59 Å². The Balaban J connectivity index is 1.56. The summed E-state index contributed by atoms with van der Waals surface area (Å²) < 4.78 is 5.39. The molecule has 2 saturated heterocycles. The standard InChI is InChI=1S/C24H28N2O3/c1-29-20-11-7-10-19(15-20)21-16-26(23(27)14-18-8-3-2-4-9-18)17-22(21)24(28)25-12-5-6-13-25/h2-4,7-11,15,21-22H,5-6,12-14,16-17H2,1H3. The Bertz CT molecular complexity index is 861. The summed E-state index contributed by atoms with van der Waals surface area (Å²) in [6.07, 6.45) is 2.51. The van der Waals surface area contributed by atoms with Crippen LogP contribution in [0.4, 0.5) is 0 Å².